The molecule has 0 N–H and O–H groups in total. The monoisotopic (exact) mass is 332 g/mol. The Morgan fingerprint density at radius 2 is 2.08 bits per heavy atom. The maximum atomic E-state index is 6.18. The Hall–Kier alpha value is -0.640. The third-order valence-electron chi connectivity index (χ3n) is 6.90. The summed E-state index contributed by atoms with van der Waals surface area (Å²) in [6.07, 6.45) is 13.3. The van der Waals surface area contributed by atoms with Crippen molar-refractivity contribution in [3.05, 3.63) is 24.3 Å². The smallest absolute Gasteiger partial charge is 0.174 e. The fourth-order valence-corrected chi connectivity index (χ4v) is 6.01. The summed E-state index contributed by atoms with van der Waals surface area (Å²) < 4.78 is 18.4. The van der Waals surface area contributed by atoms with Crippen molar-refractivity contribution in [2.45, 2.75) is 63.8 Å². The molecule has 1 heterocycles. The van der Waals surface area contributed by atoms with E-state index >= 15 is 0 Å². The highest BCUT2D eigenvalue weighted by Gasteiger charge is 2.54. The second kappa shape index (κ2) is 6.93. The van der Waals surface area contributed by atoms with Crippen molar-refractivity contribution in [1.29, 1.82) is 0 Å². The van der Waals surface area contributed by atoms with Gasteiger partial charge >= 0.3 is 0 Å². The number of hydrogen-bond donors (Lipinski definition) is 0. The molecule has 24 heavy (non-hydrogen) atoms. The Bertz CT molecular complexity index is 491. The zero-order valence-corrected chi connectivity index (χ0v) is 15.0. The first-order valence-electron chi connectivity index (χ1n) is 9.99. The molecule has 4 aliphatic rings. The van der Waals surface area contributed by atoms with Gasteiger partial charge in [-0.1, -0.05) is 31.1 Å². The van der Waals surface area contributed by atoms with E-state index in [-0.39, 0.29) is 5.79 Å². The highest BCUT2D eigenvalue weighted by Crippen LogP contribution is 2.56. The predicted octanol–water partition coefficient (Wildman–Crippen LogP) is 4.48. The Labute approximate surface area is 146 Å². The second-order valence-corrected chi connectivity index (χ2v) is 8.00. The van der Waals surface area contributed by atoms with Gasteiger partial charge in [-0.05, 0) is 49.9 Å². The van der Waals surface area contributed by atoms with Crippen molar-refractivity contribution < 1.29 is 14.2 Å². The molecular formula is C21H32O3. The van der Waals surface area contributed by atoms with Crippen molar-refractivity contribution in [1.82, 2.24) is 0 Å². The molecule has 4 rings (SSSR count). The Morgan fingerprint density at radius 1 is 1.25 bits per heavy atom. The van der Waals surface area contributed by atoms with Gasteiger partial charge in [0.2, 0.25) is 0 Å². The number of fused-ring (bicyclic) bond motifs is 3. The van der Waals surface area contributed by atoms with E-state index in [4.69, 9.17) is 14.2 Å². The summed E-state index contributed by atoms with van der Waals surface area (Å²) in [5.74, 6) is 2.41. The molecule has 3 unspecified atom stereocenters. The summed E-state index contributed by atoms with van der Waals surface area (Å²) in [7, 11) is 0. The minimum atomic E-state index is -0.303. The molecule has 2 saturated carbocycles. The molecule has 1 spiro atoms. The highest BCUT2D eigenvalue weighted by molar-refractivity contribution is 5.24. The molecule has 3 fully saturated rings. The van der Waals surface area contributed by atoms with Gasteiger partial charge < -0.3 is 14.2 Å². The maximum absolute atomic E-state index is 6.18. The van der Waals surface area contributed by atoms with Crippen LogP contribution in [0.5, 0.6) is 0 Å². The van der Waals surface area contributed by atoms with Crippen molar-refractivity contribution in [2.24, 2.45) is 23.7 Å². The van der Waals surface area contributed by atoms with Crippen molar-refractivity contribution >= 4 is 0 Å². The van der Waals surface area contributed by atoms with Crippen LogP contribution >= 0.6 is 0 Å². The van der Waals surface area contributed by atoms with Crippen LogP contribution in [0.15, 0.2) is 24.3 Å². The van der Waals surface area contributed by atoms with Crippen LogP contribution in [-0.4, -0.2) is 31.7 Å². The number of rotatable bonds is 5. The van der Waals surface area contributed by atoms with Gasteiger partial charge in [0, 0.05) is 12.3 Å². The highest BCUT2D eigenvalue weighted by atomic mass is 16.7. The molecule has 0 aromatic carbocycles. The molecule has 0 aromatic heterocycles. The third kappa shape index (κ3) is 2.69. The van der Waals surface area contributed by atoms with Crippen LogP contribution in [0.4, 0.5) is 0 Å². The second-order valence-electron chi connectivity index (χ2n) is 8.00. The van der Waals surface area contributed by atoms with Crippen LogP contribution in [0.2, 0.25) is 0 Å². The van der Waals surface area contributed by atoms with Gasteiger partial charge in [0.05, 0.1) is 25.9 Å². The first kappa shape index (κ1) is 16.8. The lowest BCUT2D eigenvalue weighted by Gasteiger charge is -2.49. The molecule has 3 heteroatoms. The van der Waals surface area contributed by atoms with E-state index < -0.39 is 0 Å². The molecule has 3 nitrogen and oxygen atoms in total. The van der Waals surface area contributed by atoms with Gasteiger partial charge in [0.1, 0.15) is 0 Å². The van der Waals surface area contributed by atoms with Crippen LogP contribution < -0.4 is 0 Å². The molecule has 0 amide bonds. The minimum Gasteiger partial charge on any atom is -0.374 e. The molecule has 3 aliphatic carbocycles. The number of hydrogen-bond acceptors (Lipinski definition) is 3. The summed E-state index contributed by atoms with van der Waals surface area (Å²) in [5, 5.41) is 0. The van der Waals surface area contributed by atoms with Crippen molar-refractivity contribution in [3.63, 3.8) is 0 Å². The average Bonchev–Trinajstić information content (AvgIpc) is 3.23. The Kier molecular flexibility index (Phi) is 4.86. The molecule has 0 bridgehead atoms. The lowest BCUT2D eigenvalue weighted by atomic mass is 9.61. The van der Waals surface area contributed by atoms with Crippen molar-refractivity contribution in [2.75, 3.05) is 19.8 Å². The average molecular weight is 332 g/mol. The molecule has 0 radical (unpaired) electrons. The third-order valence-corrected chi connectivity index (χ3v) is 6.90. The summed E-state index contributed by atoms with van der Waals surface area (Å²) in [4.78, 5) is 0. The SMILES string of the molecule is C=CCO[C@H]1CCC2C3CCC4(OCCO4)[C@H](CCC)C3=CCC21. The quantitative estimate of drug-likeness (QED) is 0.695. The van der Waals surface area contributed by atoms with Crippen LogP contribution in [0.25, 0.3) is 0 Å². The van der Waals surface area contributed by atoms with E-state index in [1.165, 1.54) is 38.5 Å². The number of allylic oxidation sites excluding steroid dienone is 1. The van der Waals surface area contributed by atoms with E-state index in [1.54, 1.807) is 5.57 Å². The van der Waals surface area contributed by atoms with Crippen LogP contribution in [0, 0.1) is 23.7 Å². The van der Waals surface area contributed by atoms with Gasteiger partial charge in [-0.2, -0.15) is 0 Å². The fourth-order valence-electron chi connectivity index (χ4n) is 6.01. The minimum absolute atomic E-state index is 0.303. The lowest BCUT2D eigenvalue weighted by Crippen LogP contribution is -2.48. The van der Waals surface area contributed by atoms with Crippen LogP contribution in [0.1, 0.15) is 51.9 Å². The normalized spacial score (nSPS) is 40.2. The van der Waals surface area contributed by atoms with Gasteiger partial charge in [0.25, 0.3) is 0 Å². The van der Waals surface area contributed by atoms with E-state index in [1.807, 2.05) is 6.08 Å². The first-order valence-corrected chi connectivity index (χ1v) is 9.99. The summed E-state index contributed by atoms with van der Waals surface area (Å²) in [6.45, 7) is 8.31. The topological polar surface area (TPSA) is 27.7 Å². The Morgan fingerprint density at radius 3 is 2.83 bits per heavy atom. The fraction of sp³-hybridized carbons (Fsp3) is 0.810. The van der Waals surface area contributed by atoms with Crippen LogP contribution in [0.3, 0.4) is 0 Å². The van der Waals surface area contributed by atoms with E-state index in [9.17, 15) is 0 Å². The van der Waals surface area contributed by atoms with Crippen LogP contribution in [-0.2, 0) is 14.2 Å². The molecule has 1 saturated heterocycles. The molecule has 134 valence electrons. The van der Waals surface area contributed by atoms with Gasteiger partial charge in [-0.15, -0.1) is 6.58 Å². The van der Waals surface area contributed by atoms with Gasteiger partial charge in [0.15, 0.2) is 5.79 Å². The van der Waals surface area contributed by atoms with E-state index in [0.29, 0.717) is 24.5 Å². The molecule has 1 aliphatic heterocycles. The summed E-state index contributed by atoms with van der Waals surface area (Å²) >= 11 is 0. The van der Waals surface area contributed by atoms with Gasteiger partial charge in [-0.25, -0.2) is 0 Å². The summed E-state index contributed by atoms with van der Waals surface area (Å²) in [5.41, 5.74) is 1.66. The van der Waals surface area contributed by atoms with E-state index in [2.05, 4.69) is 19.6 Å². The predicted molar refractivity (Wildman–Crippen MR) is 94.6 cm³/mol. The number of ether oxygens (including phenoxy) is 3. The molecule has 5 atom stereocenters. The molecule has 0 aromatic rings. The maximum Gasteiger partial charge on any atom is 0.174 e. The largest absolute Gasteiger partial charge is 0.374 e. The van der Waals surface area contributed by atoms with Crippen molar-refractivity contribution in [3.8, 4) is 0 Å². The first-order chi connectivity index (χ1) is 11.8. The lowest BCUT2D eigenvalue weighted by molar-refractivity contribution is -0.208. The zero-order chi connectivity index (χ0) is 16.6. The zero-order valence-electron chi connectivity index (χ0n) is 15.0. The summed E-state index contributed by atoms with van der Waals surface area (Å²) in [6, 6.07) is 0. The van der Waals surface area contributed by atoms with Gasteiger partial charge in [-0.3, -0.25) is 0 Å². The standard InChI is InChI=1S/C21H32O3/c1-3-5-19-17-6-7-18-15(8-9-20(18)22-12-4-2)16(17)10-11-21(19)23-13-14-24-21/h4,6,15-16,18-20H,2-3,5,7-14H2,1H3/t15?,16?,18?,19-,20+/m1/s1. The van der Waals surface area contributed by atoms with E-state index in [0.717, 1.165) is 31.5 Å². The Balaban J connectivity index is 1.56. The molecular weight excluding hydrogens is 300 g/mol.